The molecule has 2 rings (SSSR count). The predicted molar refractivity (Wildman–Crippen MR) is 78.4 cm³/mol. The summed E-state index contributed by atoms with van der Waals surface area (Å²) in [5.74, 6) is -0.761. The zero-order valence-electron chi connectivity index (χ0n) is 11.2. The number of nitrogens with one attached hydrogen (secondary N) is 2. The Hall–Kier alpha value is -2.48. The summed E-state index contributed by atoms with van der Waals surface area (Å²) in [6.07, 6.45) is 0.206. The minimum Gasteiger partial charge on any atom is -0.480 e. The monoisotopic (exact) mass is 306 g/mol. The number of carboxylic acids is 1. The van der Waals surface area contributed by atoms with Gasteiger partial charge in [-0.25, -0.2) is 9.59 Å². The second kappa shape index (κ2) is 6.80. The zero-order chi connectivity index (χ0) is 15.2. The van der Waals surface area contributed by atoms with E-state index in [1.165, 1.54) is 0 Å². The van der Waals surface area contributed by atoms with E-state index in [4.69, 9.17) is 0 Å². The van der Waals surface area contributed by atoms with Gasteiger partial charge in [-0.2, -0.15) is 0 Å². The highest BCUT2D eigenvalue weighted by Gasteiger charge is 2.21. The summed E-state index contributed by atoms with van der Waals surface area (Å²) in [6, 6.07) is 7.47. The molecule has 0 fully saturated rings. The van der Waals surface area contributed by atoms with Crippen molar-refractivity contribution in [1.82, 2.24) is 14.9 Å². The van der Waals surface area contributed by atoms with Crippen molar-refractivity contribution in [3.8, 4) is 0 Å². The standard InChI is InChI=1S/C13H14N4O3S/c1-8-11(16-17-21-8)15-13(20)14-10(12(18)19)7-9-5-3-2-4-6-9/h2-6,10H,7H2,1H3,(H,18,19)(H2,14,15,20). The molecule has 0 aliphatic heterocycles. The first-order chi connectivity index (χ1) is 10.1. The van der Waals surface area contributed by atoms with Crippen molar-refractivity contribution in [2.75, 3.05) is 5.32 Å². The van der Waals surface area contributed by atoms with Crippen molar-refractivity contribution in [3.05, 3.63) is 40.8 Å². The smallest absolute Gasteiger partial charge is 0.326 e. The molecule has 8 heteroatoms. The van der Waals surface area contributed by atoms with Gasteiger partial charge in [0.05, 0.1) is 4.88 Å². The van der Waals surface area contributed by atoms with Crippen LogP contribution in [0.25, 0.3) is 0 Å². The number of aryl methyl sites for hydroxylation is 1. The molecule has 0 saturated carbocycles. The van der Waals surface area contributed by atoms with Crippen molar-refractivity contribution in [2.45, 2.75) is 19.4 Å². The third-order valence-corrected chi connectivity index (χ3v) is 3.40. The number of anilines is 1. The maximum absolute atomic E-state index is 11.8. The quantitative estimate of drug-likeness (QED) is 0.779. The van der Waals surface area contributed by atoms with E-state index in [2.05, 4.69) is 20.2 Å². The highest BCUT2D eigenvalue weighted by molar-refractivity contribution is 7.05. The molecule has 110 valence electrons. The summed E-state index contributed by atoms with van der Waals surface area (Å²) in [4.78, 5) is 23.8. The van der Waals surface area contributed by atoms with Gasteiger partial charge < -0.3 is 10.4 Å². The number of aliphatic carboxylic acids is 1. The molecule has 0 saturated heterocycles. The van der Waals surface area contributed by atoms with Crippen molar-refractivity contribution >= 4 is 29.4 Å². The van der Waals surface area contributed by atoms with Crippen molar-refractivity contribution in [2.24, 2.45) is 0 Å². The van der Waals surface area contributed by atoms with Gasteiger partial charge in [0.25, 0.3) is 0 Å². The summed E-state index contributed by atoms with van der Waals surface area (Å²) in [6.45, 7) is 1.76. The number of carboxylic acid groups (broad SMARTS) is 1. The molecule has 2 amide bonds. The molecule has 2 aromatic rings. The van der Waals surface area contributed by atoms with Gasteiger partial charge in [-0.15, -0.1) is 5.10 Å². The molecule has 1 atom stereocenters. The number of amides is 2. The van der Waals surface area contributed by atoms with Gasteiger partial charge in [0.2, 0.25) is 0 Å². The average Bonchev–Trinajstić information content (AvgIpc) is 2.84. The summed E-state index contributed by atoms with van der Waals surface area (Å²) in [5, 5.41) is 17.8. The molecule has 1 aromatic heterocycles. The summed E-state index contributed by atoms with van der Waals surface area (Å²) < 4.78 is 3.69. The Labute approximate surface area is 125 Å². The number of nitrogens with zero attached hydrogens (tertiary/aromatic N) is 2. The molecule has 0 radical (unpaired) electrons. The Balaban J connectivity index is 1.98. The predicted octanol–water partition coefficient (Wildman–Crippen LogP) is 1.66. The van der Waals surface area contributed by atoms with Crippen LogP contribution in [0.5, 0.6) is 0 Å². The minimum absolute atomic E-state index is 0.206. The van der Waals surface area contributed by atoms with E-state index in [1.807, 2.05) is 30.3 Å². The fourth-order valence-electron chi connectivity index (χ4n) is 1.70. The first-order valence-corrected chi connectivity index (χ1v) is 6.97. The Morgan fingerprint density at radius 1 is 1.33 bits per heavy atom. The van der Waals surface area contributed by atoms with Gasteiger partial charge in [0.15, 0.2) is 5.82 Å². The molecule has 1 aromatic carbocycles. The van der Waals surface area contributed by atoms with Gasteiger partial charge >= 0.3 is 12.0 Å². The Bertz CT molecular complexity index is 629. The van der Waals surface area contributed by atoms with Crippen LogP contribution in [-0.2, 0) is 11.2 Å². The largest absolute Gasteiger partial charge is 0.480 e. The molecule has 3 N–H and O–H groups in total. The van der Waals surface area contributed by atoms with E-state index in [0.29, 0.717) is 5.82 Å². The second-order valence-electron chi connectivity index (χ2n) is 4.36. The van der Waals surface area contributed by atoms with Crippen LogP contribution in [0, 0.1) is 6.92 Å². The van der Waals surface area contributed by atoms with Gasteiger partial charge in [0, 0.05) is 6.42 Å². The van der Waals surface area contributed by atoms with Crippen LogP contribution in [0.3, 0.4) is 0 Å². The van der Waals surface area contributed by atoms with Crippen LogP contribution in [0.1, 0.15) is 10.4 Å². The number of hydrogen-bond acceptors (Lipinski definition) is 5. The number of hydrogen-bond donors (Lipinski definition) is 3. The molecule has 21 heavy (non-hydrogen) atoms. The third-order valence-electron chi connectivity index (χ3n) is 2.77. The molecule has 0 bridgehead atoms. The molecule has 1 unspecified atom stereocenters. The molecule has 1 heterocycles. The Morgan fingerprint density at radius 2 is 2.05 bits per heavy atom. The SMILES string of the molecule is Cc1snnc1NC(=O)NC(Cc1ccccc1)C(=O)O. The Morgan fingerprint density at radius 3 is 2.62 bits per heavy atom. The molecule has 0 spiro atoms. The van der Waals surface area contributed by atoms with Crippen molar-refractivity contribution in [1.29, 1.82) is 0 Å². The first-order valence-electron chi connectivity index (χ1n) is 6.19. The van der Waals surface area contributed by atoms with Gasteiger partial charge in [-0.05, 0) is 24.0 Å². The second-order valence-corrected chi connectivity index (χ2v) is 5.31. The lowest BCUT2D eigenvalue weighted by Crippen LogP contribution is -2.44. The van der Waals surface area contributed by atoms with Gasteiger partial charge in [-0.1, -0.05) is 34.8 Å². The van der Waals surface area contributed by atoms with E-state index in [-0.39, 0.29) is 6.42 Å². The molecular weight excluding hydrogens is 292 g/mol. The van der Waals surface area contributed by atoms with Crippen LogP contribution in [-0.4, -0.2) is 32.7 Å². The van der Waals surface area contributed by atoms with E-state index < -0.39 is 18.0 Å². The van der Waals surface area contributed by atoms with Gasteiger partial charge in [-0.3, -0.25) is 5.32 Å². The maximum Gasteiger partial charge on any atom is 0.326 e. The lowest BCUT2D eigenvalue weighted by atomic mass is 10.1. The molecule has 0 aliphatic carbocycles. The highest BCUT2D eigenvalue weighted by atomic mass is 32.1. The highest BCUT2D eigenvalue weighted by Crippen LogP contribution is 2.13. The summed E-state index contributed by atoms with van der Waals surface area (Å²) >= 11 is 1.15. The fourth-order valence-corrected chi connectivity index (χ4v) is 2.12. The minimum atomic E-state index is -1.10. The number of carbonyl (C=O) groups is 2. The molecule has 7 nitrogen and oxygen atoms in total. The lowest BCUT2D eigenvalue weighted by molar-refractivity contribution is -0.139. The van der Waals surface area contributed by atoms with Crippen LogP contribution < -0.4 is 10.6 Å². The van der Waals surface area contributed by atoms with Crippen LogP contribution in [0.2, 0.25) is 0 Å². The topological polar surface area (TPSA) is 104 Å². The van der Waals surface area contributed by atoms with E-state index in [1.54, 1.807) is 6.92 Å². The number of rotatable bonds is 5. The summed E-state index contributed by atoms with van der Waals surface area (Å²) in [7, 11) is 0. The molecular formula is C13H14N4O3S. The van der Waals surface area contributed by atoms with Crippen molar-refractivity contribution < 1.29 is 14.7 Å². The normalized spacial score (nSPS) is 11.7. The lowest BCUT2D eigenvalue weighted by Gasteiger charge is -2.14. The van der Waals surface area contributed by atoms with Crippen LogP contribution in [0.15, 0.2) is 30.3 Å². The zero-order valence-corrected chi connectivity index (χ0v) is 12.1. The summed E-state index contributed by atoms with van der Waals surface area (Å²) in [5.41, 5.74) is 0.830. The number of benzene rings is 1. The number of carbonyl (C=O) groups excluding carboxylic acids is 1. The molecule has 0 aliphatic rings. The van der Waals surface area contributed by atoms with Gasteiger partial charge in [0.1, 0.15) is 6.04 Å². The number of urea groups is 1. The van der Waals surface area contributed by atoms with Crippen LogP contribution in [0.4, 0.5) is 10.6 Å². The first kappa shape index (κ1) is 14.9. The Kier molecular flexibility index (Phi) is 4.83. The number of aromatic nitrogens is 2. The van der Waals surface area contributed by atoms with E-state index >= 15 is 0 Å². The average molecular weight is 306 g/mol. The van der Waals surface area contributed by atoms with Crippen molar-refractivity contribution in [3.63, 3.8) is 0 Å². The maximum atomic E-state index is 11.8. The van der Waals surface area contributed by atoms with Crippen LogP contribution >= 0.6 is 11.5 Å². The third kappa shape index (κ3) is 4.25. The van der Waals surface area contributed by atoms with E-state index in [0.717, 1.165) is 22.0 Å². The fraction of sp³-hybridized carbons (Fsp3) is 0.231. The van der Waals surface area contributed by atoms with E-state index in [9.17, 15) is 14.7 Å².